The smallest absolute Gasteiger partial charge is 0.318 e. The molecule has 1 aromatic rings. The van der Waals surface area contributed by atoms with E-state index in [0.717, 1.165) is 22.0 Å². The molecule has 36 heteroatoms. The Morgan fingerprint density at radius 1 is 0.569 bits per heavy atom. The van der Waals surface area contributed by atoms with Gasteiger partial charge in [-0.05, 0) is 43.0 Å². The molecular weight excluding hydrogens is 1390 g/mol. The highest BCUT2D eigenvalue weighted by atomic mass is 32.2. The lowest BCUT2D eigenvalue weighted by atomic mass is 10.0. The molecule has 0 bridgehead atoms. The van der Waals surface area contributed by atoms with Gasteiger partial charge in [-0.15, -0.1) is 0 Å². The molecule has 3 rings (SSSR count). The number of thiol groups is 1. The summed E-state index contributed by atoms with van der Waals surface area (Å²) in [5, 5.41) is 7.32. The number of carbonyl (C=O) groups excluding carboxylic acids is 7. The summed E-state index contributed by atoms with van der Waals surface area (Å²) in [5.41, 5.74) is 1.53. The Morgan fingerprint density at radius 3 is 1.40 bits per heavy atom. The number of amides is 6. The van der Waals surface area contributed by atoms with Crippen molar-refractivity contribution in [1.29, 1.82) is 0 Å². The van der Waals surface area contributed by atoms with Crippen LogP contribution in [0.2, 0.25) is 0 Å². The molecule has 0 spiro atoms. The van der Waals surface area contributed by atoms with E-state index in [1.54, 1.807) is 58.2 Å². The number of hydrogen-bond acceptors (Lipinski definition) is 29. The molecule has 5 atom stereocenters. The Balaban J connectivity index is 1.16. The fraction of sp³-hybridized carbons (Fsp3) is 0.742. The first-order chi connectivity index (χ1) is 49.3. The third-order valence-corrected chi connectivity index (χ3v) is 15.1. The normalized spacial score (nSPS) is 15.7. The van der Waals surface area contributed by atoms with Crippen molar-refractivity contribution in [2.45, 2.75) is 70.1 Å². The summed E-state index contributed by atoms with van der Waals surface area (Å²) in [4.78, 5) is 93.4. The average Bonchev–Trinajstić information content (AvgIpc) is 1.63. The van der Waals surface area contributed by atoms with Crippen LogP contribution in [0, 0.1) is 5.92 Å². The number of rotatable bonds is 67. The van der Waals surface area contributed by atoms with Gasteiger partial charge in [0.1, 0.15) is 31.5 Å². The minimum absolute atomic E-state index is 0.0936. The lowest BCUT2D eigenvalue weighted by molar-refractivity contribution is -0.147. The number of anilines is 1. The number of nitrogens with one attached hydrogen (secondary N) is 3. The maximum Gasteiger partial charge on any atom is 0.318 e. The van der Waals surface area contributed by atoms with Crippen LogP contribution in [0.1, 0.15) is 45.2 Å². The number of likely N-dealkylation sites (tertiary alicyclic amines) is 1. The average molecular weight is 1500 g/mol. The van der Waals surface area contributed by atoms with Gasteiger partial charge in [-0.3, -0.25) is 43.0 Å². The number of carbonyl (C=O) groups is 7. The first-order valence-corrected chi connectivity index (χ1v) is 36.1. The third-order valence-electron chi connectivity index (χ3n) is 14.2. The van der Waals surface area contributed by atoms with Crippen LogP contribution in [0.3, 0.4) is 0 Å². The van der Waals surface area contributed by atoms with Crippen molar-refractivity contribution in [1.82, 2.24) is 20.4 Å². The van der Waals surface area contributed by atoms with Crippen LogP contribution in [0.5, 0.6) is 0 Å². The van der Waals surface area contributed by atoms with E-state index in [4.69, 9.17) is 94.6 Å². The van der Waals surface area contributed by atoms with Crippen molar-refractivity contribution in [2.24, 2.45) is 5.92 Å². The maximum absolute atomic E-state index is 13.7. The zero-order valence-electron chi connectivity index (χ0n) is 59.5. The Bertz CT molecular complexity index is 2650. The number of benzene rings is 1. The first-order valence-electron chi connectivity index (χ1n) is 34.0. The SMILES string of the molecule is COCCOCCOCCOCCOCCOCCOCOCCOCCOCCOCCOCCOCCOCCOCCOCCOC/C=C/c1cc(NC(=O)[C@H](C)NC(=O)[C@@H](NC(=O)CN2C(=O)[C@@H](N3C(=O)C=CC3=O)C[C@H]2COCCS(=O)(=O)O)C(C)C)ccc1COC(=O)C(C)S. The van der Waals surface area contributed by atoms with Crippen LogP contribution < -0.4 is 16.0 Å². The molecule has 6 amide bonds. The van der Waals surface area contributed by atoms with E-state index in [9.17, 15) is 42.0 Å². The van der Waals surface area contributed by atoms with E-state index in [1.165, 1.54) is 6.92 Å². The van der Waals surface area contributed by atoms with Gasteiger partial charge < -0.3 is 111 Å². The Hall–Kier alpha value is -5.27. The molecule has 0 aliphatic carbocycles. The van der Waals surface area contributed by atoms with Crippen molar-refractivity contribution >= 4 is 75.9 Å². The topological polar surface area (TPSA) is 392 Å². The van der Waals surface area contributed by atoms with Crippen LogP contribution in [0.25, 0.3) is 6.08 Å². The highest BCUT2D eigenvalue weighted by molar-refractivity contribution is 7.85. The summed E-state index contributed by atoms with van der Waals surface area (Å²) in [7, 11) is -2.74. The minimum Gasteiger partial charge on any atom is -0.460 e. The third kappa shape index (κ3) is 43.9. The van der Waals surface area contributed by atoms with Gasteiger partial charge in [0.2, 0.25) is 23.6 Å². The van der Waals surface area contributed by atoms with E-state index >= 15 is 0 Å². The van der Waals surface area contributed by atoms with Crippen molar-refractivity contribution in [3.8, 4) is 0 Å². The summed E-state index contributed by atoms with van der Waals surface area (Å²) >= 11 is 4.15. The van der Waals surface area contributed by atoms with Crippen molar-refractivity contribution in [3.63, 3.8) is 0 Å². The fourth-order valence-corrected chi connectivity index (χ4v) is 9.32. The molecule has 1 unspecified atom stereocenters. The Labute approximate surface area is 603 Å². The molecule has 2 aliphatic rings. The van der Waals surface area contributed by atoms with Gasteiger partial charge in [0.05, 0.1) is 242 Å². The molecular formula is C66H109N5O29S2. The molecule has 1 saturated heterocycles. The van der Waals surface area contributed by atoms with Crippen LogP contribution in [0.4, 0.5) is 5.69 Å². The van der Waals surface area contributed by atoms with Gasteiger partial charge in [0, 0.05) is 31.4 Å². The van der Waals surface area contributed by atoms with E-state index < -0.39 is 106 Å². The molecule has 584 valence electrons. The number of imide groups is 1. The molecule has 2 heterocycles. The highest BCUT2D eigenvalue weighted by Crippen LogP contribution is 2.27. The number of nitrogens with zero attached hydrogens (tertiary/aromatic N) is 2. The van der Waals surface area contributed by atoms with Gasteiger partial charge in [-0.2, -0.15) is 21.0 Å². The summed E-state index contributed by atoms with van der Waals surface area (Å²) in [6, 6.07) is 0.387. The zero-order chi connectivity index (χ0) is 74.3. The molecule has 4 N–H and O–H groups in total. The first kappa shape index (κ1) is 90.9. The van der Waals surface area contributed by atoms with E-state index in [1.807, 2.05) is 0 Å². The molecule has 1 fully saturated rings. The second-order valence-electron chi connectivity index (χ2n) is 22.7. The van der Waals surface area contributed by atoms with Crippen LogP contribution in [-0.4, -0.2) is 338 Å². The van der Waals surface area contributed by atoms with Crippen LogP contribution in [0.15, 0.2) is 36.4 Å². The minimum atomic E-state index is -4.37. The highest BCUT2D eigenvalue weighted by Gasteiger charge is 2.47. The summed E-state index contributed by atoms with van der Waals surface area (Å²) in [6.07, 6.45) is 5.35. The van der Waals surface area contributed by atoms with E-state index in [0.29, 0.717) is 208 Å². The fourth-order valence-electron chi connectivity index (χ4n) is 8.92. The van der Waals surface area contributed by atoms with Crippen LogP contribution in [-0.2, 0) is 140 Å². The Kier molecular flexibility index (Phi) is 51.7. The number of esters is 1. The molecule has 1 aromatic carbocycles. The zero-order valence-corrected chi connectivity index (χ0v) is 61.2. The van der Waals surface area contributed by atoms with Gasteiger partial charge in [0.15, 0.2) is 0 Å². The van der Waals surface area contributed by atoms with Crippen LogP contribution >= 0.6 is 12.6 Å². The van der Waals surface area contributed by atoms with Gasteiger partial charge in [-0.1, -0.05) is 32.1 Å². The van der Waals surface area contributed by atoms with Gasteiger partial charge in [0.25, 0.3) is 21.9 Å². The number of methoxy groups -OCH3 is 1. The standard InChI is InChI=1S/C66H109N5O29S2/c1-51(2)62(69-59(72)47-70-57(49-97-43-44-102(79,80)81)46-58(65(70)77)71-60(73)10-11-61(71)74)64(76)67-52(3)63(75)68-56-9-8-55(48-100-66(78)53(4)101)54(45-56)7-6-12-83-15-16-85-19-20-87-23-24-89-25-26-90-27-28-91-29-30-92-32-34-94-36-38-96-40-42-99-50-98-41-39-95-37-35-93-33-31-88-22-21-86-18-17-84-14-13-82-5/h6-11,45,51-53,57-58,62,101H,12-44,46-50H2,1-5H3,(H,67,76)(H,68,75)(H,69,72)(H,79,80,81)/b7-6+/t52-,53?,57-,58-,62-/m0/s1. The molecule has 0 radical (unpaired) electrons. The maximum atomic E-state index is 13.7. The largest absolute Gasteiger partial charge is 0.460 e. The molecule has 0 aromatic heterocycles. The monoisotopic (exact) mass is 1500 g/mol. The predicted octanol–water partition coefficient (Wildman–Crippen LogP) is 0.314. The van der Waals surface area contributed by atoms with Crippen molar-refractivity contribution in [3.05, 3.63) is 47.6 Å². The molecule has 34 nitrogen and oxygen atoms in total. The Morgan fingerprint density at radius 2 is 0.990 bits per heavy atom. The number of ether oxygens (including phenoxy) is 19. The quantitative estimate of drug-likeness (QED) is 0.0146. The van der Waals surface area contributed by atoms with Gasteiger partial charge in [-0.25, -0.2) is 0 Å². The van der Waals surface area contributed by atoms with Crippen molar-refractivity contribution < 1.29 is 137 Å². The lowest BCUT2D eigenvalue weighted by Gasteiger charge is -2.27. The molecule has 2 aliphatic heterocycles. The second-order valence-corrected chi connectivity index (χ2v) is 25.0. The summed E-state index contributed by atoms with van der Waals surface area (Å²) < 4.78 is 135. The molecule has 102 heavy (non-hydrogen) atoms. The predicted molar refractivity (Wildman–Crippen MR) is 369 cm³/mol. The van der Waals surface area contributed by atoms with E-state index in [2.05, 4.69) is 28.6 Å². The van der Waals surface area contributed by atoms with Crippen molar-refractivity contribution in [2.75, 3.05) is 250 Å². The van der Waals surface area contributed by atoms with E-state index in [-0.39, 0.29) is 39.6 Å². The number of hydrogen-bond donors (Lipinski definition) is 5. The summed E-state index contributed by atoms with van der Waals surface area (Å²) in [5.74, 6) is -6.14. The van der Waals surface area contributed by atoms with Gasteiger partial charge >= 0.3 is 5.97 Å². The summed E-state index contributed by atoms with van der Waals surface area (Å²) in [6.45, 7) is 18.3. The lowest BCUT2D eigenvalue weighted by Crippen LogP contribution is -2.56. The second kappa shape index (κ2) is 58.0. The molecule has 0 saturated carbocycles.